The number of nitrogens with two attached hydrogens (primary N) is 1. The molecule has 0 radical (unpaired) electrons. The number of carbonyl (C=O) groups excluding carboxylic acids is 1. The number of hydrogen-bond acceptors (Lipinski definition) is 4. The van der Waals surface area contributed by atoms with E-state index in [9.17, 15) is 19.8 Å². The van der Waals surface area contributed by atoms with E-state index in [-0.39, 0.29) is 18.2 Å². The van der Waals surface area contributed by atoms with Crippen molar-refractivity contribution in [2.24, 2.45) is 11.1 Å². The lowest BCUT2D eigenvalue weighted by atomic mass is 9.69. The van der Waals surface area contributed by atoms with Crippen molar-refractivity contribution in [3.63, 3.8) is 0 Å². The molecule has 0 bridgehead atoms. The summed E-state index contributed by atoms with van der Waals surface area (Å²) < 4.78 is 0. The summed E-state index contributed by atoms with van der Waals surface area (Å²) in [5.41, 5.74) is 5.86. The summed E-state index contributed by atoms with van der Waals surface area (Å²) in [6.45, 7) is 0.129. The van der Waals surface area contributed by atoms with E-state index in [1.165, 1.54) is 12.1 Å². The van der Waals surface area contributed by atoms with Crippen molar-refractivity contribution in [3.8, 4) is 5.75 Å². The number of phenols is 1. The summed E-state index contributed by atoms with van der Waals surface area (Å²) >= 11 is 0. The van der Waals surface area contributed by atoms with E-state index in [2.05, 4.69) is 5.32 Å². The number of rotatable bonds is 6. The molecule has 0 heterocycles. The minimum atomic E-state index is -0.860. The number of amides is 1. The van der Waals surface area contributed by atoms with Crippen LogP contribution < -0.4 is 11.1 Å². The first-order valence-electron chi connectivity index (χ1n) is 6.97. The molecule has 1 fully saturated rings. The number of phenolic OH excluding ortho intramolecular Hbond substituents is 1. The lowest BCUT2D eigenvalue weighted by Gasteiger charge is -2.37. The Hall–Kier alpha value is -2.08. The molecule has 114 valence electrons. The van der Waals surface area contributed by atoms with Crippen LogP contribution in [0.5, 0.6) is 5.75 Å². The Kier molecular flexibility index (Phi) is 4.47. The molecule has 0 aliphatic heterocycles. The first-order chi connectivity index (χ1) is 9.93. The van der Waals surface area contributed by atoms with Gasteiger partial charge in [0.25, 0.3) is 0 Å². The summed E-state index contributed by atoms with van der Waals surface area (Å²) in [7, 11) is 0. The molecule has 21 heavy (non-hydrogen) atoms. The van der Waals surface area contributed by atoms with Crippen LogP contribution in [-0.2, 0) is 16.0 Å². The van der Waals surface area contributed by atoms with Crippen LogP contribution in [0.1, 0.15) is 24.8 Å². The fourth-order valence-electron chi connectivity index (χ4n) is 2.44. The van der Waals surface area contributed by atoms with Crippen LogP contribution >= 0.6 is 0 Å². The molecule has 0 aromatic heterocycles. The van der Waals surface area contributed by atoms with Crippen LogP contribution in [0, 0.1) is 5.41 Å². The molecule has 1 aliphatic carbocycles. The molecule has 0 unspecified atom stereocenters. The molecule has 5 N–H and O–H groups in total. The van der Waals surface area contributed by atoms with E-state index in [0.29, 0.717) is 19.3 Å². The van der Waals surface area contributed by atoms with Crippen LogP contribution in [0.3, 0.4) is 0 Å². The summed E-state index contributed by atoms with van der Waals surface area (Å²) in [4.78, 5) is 23.1. The molecule has 1 aliphatic rings. The van der Waals surface area contributed by atoms with E-state index >= 15 is 0 Å². The zero-order chi connectivity index (χ0) is 15.5. The van der Waals surface area contributed by atoms with Crippen molar-refractivity contribution in [2.45, 2.75) is 31.7 Å². The number of nitrogens with one attached hydrogen (secondary N) is 1. The normalized spacial score (nSPS) is 17.6. The molecule has 1 aromatic carbocycles. The first kappa shape index (κ1) is 15.3. The number of carboxylic acids is 1. The second-order valence-electron chi connectivity index (χ2n) is 5.63. The molecular weight excluding hydrogens is 272 g/mol. The van der Waals surface area contributed by atoms with Gasteiger partial charge in [0.2, 0.25) is 5.91 Å². The summed E-state index contributed by atoms with van der Waals surface area (Å²) in [6, 6.07) is 5.74. The second kappa shape index (κ2) is 6.13. The maximum absolute atomic E-state index is 11.9. The van der Waals surface area contributed by atoms with Gasteiger partial charge in [0.15, 0.2) is 0 Å². The maximum Gasteiger partial charge on any atom is 0.311 e. The number of aliphatic carboxylic acids is 1. The van der Waals surface area contributed by atoms with Gasteiger partial charge in [-0.05, 0) is 37.0 Å². The number of hydrogen-bond donors (Lipinski definition) is 4. The van der Waals surface area contributed by atoms with E-state index < -0.39 is 17.4 Å². The quantitative estimate of drug-likeness (QED) is 0.614. The Morgan fingerprint density at radius 2 is 1.90 bits per heavy atom. The standard InChI is InChI=1S/C15H20N2O4/c16-12(8-10-2-4-11(18)5-3-10)13(19)17-9-15(14(20)21)6-1-7-15/h2-5,12,18H,1,6-9,16H2,(H,17,19)(H,20,21)/t12-/m1/s1. The van der Waals surface area contributed by atoms with E-state index in [4.69, 9.17) is 5.73 Å². The average Bonchev–Trinajstić information content (AvgIpc) is 2.39. The van der Waals surface area contributed by atoms with Gasteiger partial charge in [-0.15, -0.1) is 0 Å². The summed E-state index contributed by atoms with van der Waals surface area (Å²) in [5.74, 6) is -1.05. The van der Waals surface area contributed by atoms with Crippen LogP contribution in [0.25, 0.3) is 0 Å². The van der Waals surface area contributed by atoms with Gasteiger partial charge < -0.3 is 21.3 Å². The first-order valence-corrected chi connectivity index (χ1v) is 6.97. The van der Waals surface area contributed by atoms with Gasteiger partial charge in [-0.2, -0.15) is 0 Å². The lowest BCUT2D eigenvalue weighted by molar-refractivity contribution is -0.154. The average molecular weight is 292 g/mol. The minimum absolute atomic E-state index is 0.129. The molecule has 1 atom stereocenters. The van der Waals surface area contributed by atoms with Gasteiger partial charge >= 0.3 is 5.97 Å². The molecule has 1 aromatic rings. The topological polar surface area (TPSA) is 113 Å². The van der Waals surface area contributed by atoms with Crippen molar-refractivity contribution < 1.29 is 19.8 Å². The highest BCUT2D eigenvalue weighted by Crippen LogP contribution is 2.40. The van der Waals surface area contributed by atoms with Crippen LogP contribution in [0.2, 0.25) is 0 Å². The smallest absolute Gasteiger partial charge is 0.311 e. The van der Waals surface area contributed by atoms with E-state index in [1.807, 2.05) is 0 Å². The molecule has 0 saturated heterocycles. The van der Waals surface area contributed by atoms with Crippen LogP contribution in [0.4, 0.5) is 0 Å². The van der Waals surface area contributed by atoms with Crippen molar-refractivity contribution >= 4 is 11.9 Å². The van der Waals surface area contributed by atoms with Gasteiger partial charge in [-0.25, -0.2) is 0 Å². The molecule has 6 heteroatoms. The Morgan fingerprint density at radius 1 is 1.29 bits per heavy atom. The Balaban J connectivity index is 1.85. The Morgan fingerprint density at radius 3 is 2.38 bits per heavy atom. The number of carbonyl (C=O) groups is 2. The highest BCUT2D eigenvalue weighted by molar-refractivity contribution is 5.83. The van der Waals surface area contributed by atoms with Crippen molar-refractivity contribution in [1.82, 2.24) is 5.32 Å². The highest BCUT2D eigenvalue weighted by atomic mass is 16.4. The Bertz CT molecular complexity index is 523. The van der Waals surface area contributed by atoms with Crippen molar-refractivity contribution in [3.05, 3.63) is 29.8 Å². The molecule has 0 spiro atoms. The number of aromatic hydroxyl groups is 1. The predicted octanol–water partition coefficient (Wildman–Crippen LogP) is 0.633. The van der Waals surface area contributed by atoms with Crippen LogP contribution in [-0.4, -0.2) is 34.7 Å². The fraction of sp³-hybridized carbons (Fsp3) is 0.467. The third kappa shape index (κ3) is 3.52. The van der Waals surface area contributed by atoms with Gasteiger partial charge in [0.05, 0.1) is 11.5 Å². The largest absolute Gasteiger partial charge is 0.508 e. The van der Waals surface area contributed by atoms with Gasteiger partial charge in [-0.1, -0.05) is 18.6 Å². The highest BCUT2D eigenvalue weighted by Gasteiger charge is 2.44. The zero-order valence-electron chi connectivity index (χ0n) is 11.7. The Labute approximate surface area is 123 Å². The molecule has 2 rings (SSSR count). The third-order valence-corrected chi connectivity index (χ3v) is 4.09. The second-order valence-corrected chi connectivity index (χ2v) is 5.63. The van der Waals surface area contributed by atoms with Gasteiger partial charge in [0.1, 0.15) is 5.75 Å². The van der Waals surface area contributed by atoms with Crippen molar-refractivity contribution in [2.75, 3.05) is 6.54 Å². The van der Waals surface area contributed by atoms with Gasteiger partial charge in [0, 0.05) is 6.54 Å². The van der Waals surface area contributed by atoms with Crippen LogP contribution in [0.15, 0.2) is 24.3 Å². The number of carboxylic acid groups (broad SMARTS) is 1. The monoisotopic (exact) mass is 292 g/mol. The fourth-order valence-corrected chi connectivity index (χ4v) is 2.44. The molecular formula is C15H20N2O4. The predicted molar refractivity (Wildman–Crippen MR) is 76.7 cm³/mol. The lowest BCUT2D eigenvalue weighted by Crippen LogP contribution is -2.51. The summed E-state index contributed by atoms with van der Waals surface area (Å²) in [6.07, 6.45) is 2.40. The zero-order valence-corrected chi connectivity index (χ0v) is 11.7. The van der Waals surface area contributed by atoms with E-state index in [1.54, 1.807) is 12.1 Å². The maximum atomic E-state index is 11.9. The molecule has 1 amide bonds. The third-order valence-electron chi connectivity index (χ3n) is 4.09. The van der Waals surface area contributed by atoms with Gasteiger partial charge in [-0.3, -0.25) is 9.59 Å². The van der Waals surface area contributed by atoms with Crippen molar-refractivity contribution in [1.29, 1.82) is 0 Å². The van der Waals surface area contributed by atoms with E-state index in [0.717, 1.165) is 12.0 Å². The number of benzene rings is 1. The summed E-state index contributed by atoms with van der Waals surface area (Å²) in [5, 5.41) is 21.0. The molecule has 1 saturated carbocycles. The SMILES string of the molecule is N[C@H](Cc1ccc(O)cc1)C(=O)NCC1(C(=O)O)CCC1. The molecule has 6 nitrogen and oxygen atoms in total. The minimum Gasteiger partial charge on any atom is -0.508 e.